The number of hydrogen-bond acceptors (Lipinski definition) is 6. The molecule has 6 nitrogen and oxygen atoms in total. The van der Waals surface area contributed by atoms with Crippen LogP contribution in [0.3, 0.4) is 0 Å². The van der Waals surface area contributed by atoms with E-state index in [1.807, 2.05) is 35.7 Å². The fourth-order valence-corrected chi connectivity index (χ4v) is 4.08. The second-order valence-corrected chi connectivity index (χ2v) is 7.88. The van der Waals surface area contributed by atoms with Gasteiger partial charge in [0.1, 0.15) is 12.1 Å². The molecule has 1 aromatic heterocycles. The third-order valence-electron chi connectivity index (χ3n) is 4.89. The van der Waals surface area contributed by atoms with Crippen LogP contribution in [0.25, 0.3) is 0 Å². The Balaban J connectivity index is 0.00000225. The summed E-state index contributed by atoms with van der Waals surface area (Å²) in [7, 11) is 0. The Hall–Kier alpha value is -2.09. The molecule has 0 spiro atoms. The van der Waals surface area contributed by atoms with Gasteiger partial charge in [0, 0.05) is 24.5 Å². The van der Waals surface area contributed by atoms with Gasteiger partial charge in [-0.1, -0.05) is 36.4 Å². The molecule has 2 aliphatic heterocycles. The van der Waals surface area contributed by atoms with Gasteiger partial charge in [0.2, 0.25) is 5.91 Å². The Morgan fingerprint density at radius 2 is 2.14 bits per heavy atom. The molecule has 150 valence electrons. The van der Waals surface area contributed by atoms with E-state index in [1.54, 1.807) is 11.3 Å². The van der Waals surface area contributed by atoms with E-state index in [0.717, 1.165) is 23.5 Å². The van der Waals surface area contributed by atoms with Gasteiger partial charge in [-0.05, 0) is 23.9 Å². The van der Waals surface area contributed by atoms with Gasteiger partial charge in [0.15, 0.2) is 0 Å². The first-order valence-electron chi connectivity index (χ1n) is 9.28. The van der Waals surface area contributed by atoms with Crippen LogP contribution >= 0.6 is 23.7 Å². The molecule has 0 radical (unpaired) electrons. The van der Waals surface area contributed by atoms with Crippen LogP contribution in [0.2, 0.25) is 0 Å². The summed E-state index contributed by atoms with van der Waals surface area (Å²) in [6.45, 7) is 4.70. The normalized spacial score (nSPS) is 24.1. The number of nitrogens with zero attached hydrogens (tertiary/aromatic N) is 2. The van der Waals surface area contributed by atoms with Gasteiger partial charge in [0.05, 0.1) is 12.6 Å². The van der Waals surface area contributed by atoms with E-state index in [-0.39, 0.29) is 36.5 Å². The highest BCUT2D eigenvalue weighted by atomic mass is 35.5. The van der Waals surface area contributed by atoms with Crippen LogP contribution < -0.4 is 10.6 Å². The minimum absolute atomic E-state index is 0. The quantitative estimate of drug-likeness (QED) is 0.797. The molecular weight excluding hydrogens is 396 g/mol. The zero-order valence-corrected chi connectivity index (χ0v) is 17.3. The summed E-state index contributed by atoms with van der Waals surface area (Å²) in [5, 5.41) is 8.32. The van der Waals surface area contributed by atoms with Crippen LogP contribution in [-0.2, 0) is 16.1 Å². The van der Waals surface area contributed by atoms with Gasteiger partial charge in [-0.25, -0.2) is 4.99 Å². The number of nitrogens with one attached hydrogen (secondary N) is 2. The molecule has 3 atom stereocenters. The molecule has 0 bridgehead atoms. The van der Waals surface area contributed by atoms with Crippen LogP contribution in [-0.4, -0.2) is 48.5 Å². The lowest BCUT2D eigenvalue weighted by atomic mass is 10.0. The third-order valence-corrected chi connectivity index (χ3v) is 5.77. The largest absolute Gasteiger partial charge is 0.455 e. The lowest BCUT2D eigenvalue weighted by Crippen LogP contribution is -2.58. The number of thiophene rings is 1. The number of carbonyl (C=O) groups excluding carboxylic acids is 1. The van der Waals surface area contributed by atoms with Gasteiger partial charge in [-0.15, -0.1) is 23.7 Å². The SMILES string of the molecule is C[C@@H]1N=C(N2CCNC(C(=O)NCc3cccs3)C2)O[C@H]1c1ccccc1.Cl. The molecule has 0 saturated carbocycles. The van der Waals surface area contributed by atoms with Crippen LogP contribution in [0.1, 0.15) is 23.5 Å². The lowest BCUT2D eigenvalue weighted by molar-refractivity contribution is -0.124. The summed E-state index contributed by atoms with van der Waals surface area (Å²) in [5.41, 5.74) is 1.13. The smallest absolute Gasteiger partial charge is 0.288 e. The minimum Gasteiger partial charge on any atom is -0.455 e. The number of rotatable bonds is 4. The topological polar surface area (TPSA) is 66.0 Å². The molecule has 1 saturated heterocycles. The zero-order chi connectivity index (χ0) is 18.6. The predicted molar refractivity (Wildman–Crippen MR) is 114 cm³/mol. The van der Waals surface area contributed by atoms with Crippen molar-refractivity contribution in [3.63, 3.8) is 0 Å². The Bertz CT molecular complexity index is 800. The number of aliphatic imine (C=N–C) groups is 1. The molecule has 1 unspecified atom stereocenters. The predicted octanol–water partition coefficient (Wildman–Crippen LogP) is 2.58. The molecule has 2 N–H and O–H groups in total. The second-order valence-electron chi connectivity index (χ2n) is 6.85. The maximum Gasteiger partial charge on any atom is 0.288 e. The van der Waals surface area contributed by atoms with Crippen molar-refractivity contribution in [3.05, 3.63) is 58.3 Å². The van der Waals surface area contributed by atoms with Crippen molar-refractivity contribution in [1.29, 1.82) is 0 Å². The van der Waals surface area contributed by atoms with E-state index in [1.165, 1.54) is 0 Å². The maximum atomic E-state index is 12.5. The standard InChI is InChI=1S/C20H24N4O2S.ClH/c1-14-18(15-6-3-2-4-7-15)26-20(23-14)24-10-9-21-17(13-24)19(25)22-12-16-8-5-11-27-16;/h2-8,11,14,17-18,21H,9-10,12-13H2,1H3,(H,22,25);1H/t14-,17?,18+;/m0./s1. The van der Waals surface area contributed by atoms with Gasteiger partial charge in [0.25, 0.3) is 6.02 Å². The molecule has 1 aromatic carbocycles. The van der Waals surface area contributed by atoms with Crippen molar-refractivity contribution in [2.75, 3.05) is 19.6 Å². The van der Waals surface area contributed by atoms with E-state index < -0.39 is 0 Å². The Labute approximate surface area is 175 Å². The molecule has 3 heterocycles. The molecule has 1 amide bonds. The number of amides is 1. The van der Waals surface area contributed by atoms with Gasteiger partial charge in [-0.3, -0.25) is 4.79 Å². The fraction of sp³-hybridized carbons (Fsp3) is 0.400. The number of halogens is 1. The number of piperazine rings is 1. The minimum atomic E-state index is -0.268. The highest BCUT2D eigenvalue weighted by Crippen LogP contribution is 2.29. The van der Waals surface area contributed by atoms with E-state index >= 15 is 0 Å². The van der Waals surface area contributed by atoms with Crippen LogP contribution in [0.15, 0.2) is 52.8 Å². The van der Waals surface area contributed by atoms with Crippen molar-refractivity contribution >= 4 is 35.7 Å². The Morgan fingerprint density at radius 1 is 1.32 bits per heavy atom. The fourth-order valence-electron chi connectivity index (χ4n) is 3.44. The van der Waals surface area contributed by atoms with Crippen LogP contribution in [0, 0.1) is 0 Å². The summed E-state index contributed by atoms with van der Waals surface area (Å²) in [6, 6.07) is 14.6. The zero-order valence-electron chi connectivity index (χ0n) is 15.7. The highest BCUT2D eigenvalue weighted by Gasteiger charge is 2.35. The first-order valence-corrected chi connectivity index (χ1v) is 10.2. The highest BCUT2D eigenvalue weighted by molar-refractivity contribution is 7.09. The van der Waals surface area contributed by atoms with E-state index in [2.05, 4.69) is 34.6 Å². The number of carbonyl (C=O) groups is 1. The number of benzene rings is 1. The van der Waals surface area contributed by atoms with Crippen LogP contribution in [0.5, 0.6) is 0 Å². The third kappa shape index (κ3) is 4.66. The molecular formula is C20H25ClN4O2S. The second kappa shape index (κ2) is 9.41. The summed E-state index contributed by atoms with van der Waals surface area (Å²) < 4.78 is 6.16. The number of amidine groups is 1. The van der Waals surface area contributed by atoms with Gasteiger partial charge >= 0.3 is 0 Å². The first-order chi connectivity index (χ1) is 13.2. The van der Waals surface area contributed by atoms with E-state index in [0.29, 0.717) is 19.1 Å². The van der Waals surface area contributed by atoms with Crippen molar-refractivity contribution < 1.29 is 9.53 Å². The molecule has 2 aromatic rings. The average Bonchev–Trinajstić information content (AvgIpc) is 3.36. The molecule has 4 rings (SSSR count). The summed E-state index contributed by atoms with van der Waals surface area (Å²) >= 11 is 1.65. The number of hydrogen-bond donors (Lipinski definition) is 2. The first kappa shape index (κ1) is 20.6. The monoisotopic (exact) mass is 420 g/mol. The molecule has 28 heavy (non-hydrogen) atoms. The molecule has 2 aliphatic rings. The Morgan fingerprint density at radius 3 is 2.89 bits per heavy atom. The summed E-state index contributed by atoms with van der Waals surface area (Å²) in [4.78, 5) is 20.5. The van der Waals surface area contributed by atoms with Crippen LogP contribution in [0.4, 0.5) is 0 Å². The molecule has 8 heteroatoms. The molecule has 1 fully saturated rings. The van der Waals surface area contributed by atoms with Crippen molar-refractivity contribution in [2.45, 2.75) is 31.7 Å². The van der Waals surface area contributed by atoms with Gasteiger partial charge in [-0.2, -0.15) is 0 Å². The van der Waals surface area contributed by atoms with Crippen molar-refractivity contribution in [1.82, 2.24) is 15.5 Å². The van der Waals surface area contributed by atoms with Gasteiger partial charge < -0.3 is 20.3 Å². The van der Waals surface area contributed by atoms with E-state index in [9.17, 15) is 4.79 Å². The van der Waals surface area contributed by atoms with Crippen molar-refractivity contribution in [3.8, 4) is 0 Å². The summed E-state index contributed by atoms with van der Waals surface area (Å²) in [5.74, 6) is 0.0133. The summed E-state index contributed by atoms with van der Waals surface area (Å²) in [6.07, 6.45) is -0.0674. The maximum absolute atomic E-state index is 12.5. The lowest BCUT2D eigenvalue weighted by Gasteiger charge is -2.33. The average molecular weight is 421 g/mol. The Kier molecular flexibility index (Phi) is 6.93. The number of ether oxygens (including phenoxy) is 1. The molecule has 0 aliphatic carbocycles. The van der Waals surface area contributed by atoms with E-state index in [4.69, 9.17) is 9.73 Å². The van der Waals surface area contributed by atoms with Crippen molar-refractivity contribution in [2.24, 2.45) is 4.99 Å².